The molecule has 2 aromatic carbocycles. The van der Waals surface area contributed by atoms with Gasteiger partial charge in [0.2, 0.25) is 10.0 Å². The number of halogens is 5. The Kier molecular flexibility index (Phi) is 6.95. The molecule has 3 aromatic heterocycles. The number of sulfonamides is 1. The van der Waals surface area contributed by atoms with Crippen LogP contribution in [0.15, 0.2) is 42.6 Å². The molecular weight excluding hydrogens is 562 g/mol. The van der Waals surface area contributed by atoms with Crippen molar-refractivity contribution in [2.24, 2.45) is 5.73 Å². The van der Waals surface area contributed by atoms with E-state index in [0.29, 0.717) is 22.2 Å². The zero-order valence-corrected chi connectivity index (χ0v) is 21.7. The minimum absolute atomic E-state index is 0.00799. The molecule has 204 valence electrons. The number of hydrogen-bond donors (Lipinski definition) is 3. The zero-order chi connectivity index (χ0) is 28.1. The van der Waals surface area contributed by atoms with Gasteiger partial charge >= 0.3 is 0 Å². The van der Waals surface area contributed by atoms with Gasteiger partial charge in [0.25, 0.3) is 6.43 Å². The topological polar surface area (TPSA) is 132 Å². The summed E-state index contributed by atoms with van der Waals surface area (Å²) in [6.07, 6.45) is -0.482. The summed E-state index contributed by atoms with van der Waals surface area (Å²) in [5.41, 5.74) is 8.82. The summed E-state index contributed by atoms with van der Waals surface area (Å²) in [5.74, 6) is -1.76. The lowest BCUT2D eigenvalue weighted by Crippen LogP contribution is -2.17. The molecule has 9 nitrogen and oxygen atoms in total. The Bertz CT molecular complexity index is 1800. The van der Waals surface area contributed by atoms with Crippen LogP contribution in [-0.4, -0.2) is 46.1 Å². The quantitative estimate of drug-likeness (QED) is 0.226. The standard InChI is InChI=1S/C24H20ClF4N7O2S/c1-39(37,38)35-24-21-16(25)3-2-14(23(21)36(34-24)10-20(28)29)15-8-18-19(9-31-33-18)32-22(15)17(30)6-11-4-12(26)7-13(27)5-11/h2-5,7-9,17,20H,6,10,30H2,1H3,(H,31,33)(H,34,35)/t17-/m0/s1. The molecule has 0 amide bonds. The predicted octanol–water partition coefficient (Wildman–Crippen LogP) is 4.79. The Labute approximate surface area is 224 Å². The zero-order valence-electron chi connectivity index (χ0n) is 20.1. The molecule has 0 unspecified atom stereocenters. The third-order valence-electron chi connectivity index (χ3n) is 5.91. The average molecular weight is 582 g/mol. The molecule has 0 saturated heterocycles. The normalized spacial score (nSPS) is 13.0. The van der Waals surface area contributed by atoms with Crippen LogP contribution in [0.25, 0.3) is 33.1 Å². The summed E-state index contributed by atoms with van der Waals surface area (Å²) < 4.78 is 82.0. The summed E-state index contributed by atoms with van der Waals surface area (Å²) in [6.45, 7) is -0.862. The van der Waals surface area contributed by atoms with Gasteiger partial charge in [0, 0.05) is 17.2 Å². The first-order chi connectivity index (χ1) is 18.4. The van der Waals surface area contributed by atoms with Gasteiger partial charge in [-0.3, -0.25) is 14.5 Å². The number of fused-ring (bicyclic) bond motifs is 2. The van der Waals surface area contributed by atoms with Crippen molar-refractivity contribution >= 4 is 49.4 Å². The van der Waals surface area contributed by atoms with Crippen LogP contribution in [-0.2, 0) is 23.0 Å². The Morgan fingerprint density at radius 1 is 1.13 bits per heavy atom. The maximum Gasteiger partial charge on any atom is 0.257 e. The number of nitrogens with one attached hydrogen (secondary N) is 2. The van der Waals surface area contributed by atoms with Crippen molar-refractivity contribution in [2.45, 2.75) is 25.4 Å². The molecule has 0 spiro atoms. The lowest BCUT2D eigenvalue weighted by Gasteiger charge is -2.18. The molecule has 0 aliphatic heterocycles. The van der Waals surface area contributed by atoms with Crippen molar-refractivity contribution in [3.8, 4) is 11.1 Å². The lowest BCUT2D eigenvalue weighted by atomic mass is 9.94. The van der Waals surface area contributed by atoms with Gasteiger partial charge in [0.05, 0.1) is 45.6 Å². The van der Waals surface area contributed by atoms with Crippen molar-refractivity contribution < 1.29 is 26.0 Å². The monoisotopic (exact) mass is 581 g/mol. The molecule has 0 radical (unpaired) electrons. The van der Waals surface area contributed by atoms with Crippen LogP contribution in [0.5, 0.6) is 0 Å². The second kappa shape index (κ2) is 10.1. The van der Waals surface area contributed by atoms with Crippen LogP contribution in [0.4, 0.5) is 23.4 Å². The van der Waals surface area contributed by atoms with Crippen molar-refractivity contribution in [1.29, 1.82) is 0 Å². The van der Waals surface area contributed by atoms with E-state index in [4.69, 9.17) is 17.3 Å². The summed E-state index contributed by atoms with van der Waals surface area (Å²) in [5, 5.41) is 11.0. The molecule has 0 aliphatic rings. The van der Waals surface area contributed by atoms with E-state index in [0.717, 1.165) is 29.1 Å². The largest absolute Gasteiger partial charge is 0.322 e. The first-order valence-electron chi connectivity index (χ1n) is 11.4. The molecule has 0 aliphatic carbocycles. The molecule has 5 rings (SSSR count). The van der Waals surface area contributed by atoms with Gasteiger partial charge < -0.3 is 5.73 Å². The molecule has 0 saturated carbocycles. The highest BCUT2D eigenvalue weighted by Crippen LogP contribution is 2.40. The Hall–Kier alpha value is -3.75. The first kappa shape index (κ1) is 26.8. The molecule has 39 heavy (non-hydrogen) atoms. The van der Waals surface area contributed by atoms with Gasteiger partial charge in [-0.25, -0.2) is 31.0 Å². The number of hydrogen-bond acceptors (Lipinski definition) is 6. The van der Waals surface area contributed by atoms with Gasteiger partial charge in [-0.1, -0.05) is 17.7 Å². The number of anilines is 1. The van der Waals surface area contributed by atoms with E-state index in [1.165, 1.54) is 12.3 Å². The molecule has 1 atom stereocenters. The maximum atomic E-state index is 13.8. The summed E-state index contributed by atoms with van der Waals surface area (Å²) >= 11 is 6.41. The Balaban J connectivity index is 1.75. The number of nitrogens with two attached hydrogens (primary N) is 1. The van der Waals surface area contributed by atoms with E-state index < -0.39 is 40.7 Å². The number of alkyl halides is 2. The maximum absolute atomic E-state index is 13.8. The number of aromatic amines is 1. The highest BCUT2D eigenvalue weighted by molar-refractivity contribution is 7.92. The van der Waals surface area contributed by atoms with E-state index in [1.807, 2.05) is 0 Å². The molecule has 15 heteroatoms. The minimum Gasteiger partial charge on any atom is -0.322 e. The molecular formula is C24H20ClF4N7O2S. The number of H-pyrrole nitrogens is 1. The summed E-state index contributed by atoms with van der Waals surface area (Å²) in [4.78, 5) is 4.61. The van der Waals surface area contributed by atoms with Crippen molar-refractivity contribution in [3.05, 3.63) is 70.5 Å². The van der Waals surface area contributed by atoms with Crippen molar-refractivity contribution in [2.75, 3.05) is 11.0 Å². The molecule has 5 aromatic rings. The number of nitrogens with zero attached hydrogens (tertiary/aromatic N) is 4. The third kappa shape index (κ3) is 5.53. The lowest BCUT2D eigenvalue weighted by molar-refractivity contribution is 0.123. The highest BCUT2D eigenvalue weighted by atomic mass is 35.5. The first-order valence-corrected chi connectivity index (χ1v) is 13.7. The second-order valence-electron chi connectivity index (χ2n) is 8.93. The van der Waals surface area contributed by atoms with Crippen LogP contribution in [0.2, 0.25) is 5.02 Å². The van der Waals surface area contributed by atoms with Gasteiger partial charge in [-0.05, 0) is 36.2 Å². The number of benzene rings is 2. The highest BCUT2D eigenvalue weighted by Gasteiger charge is 2.25. The van der Waals surface area contributed by atoms with E-state index in [2.05, 4.69) is 25.0 Å². The van der Waals surface area contributed by atoms with Crippen molar-refractivity contribution in [3.63, 3.8) is 0 Å². The second-order valence-corrected chi connectivity index (χ2v) is 11.1. The Morgan fingerprint density at radius 3 is 2.51 bits per heavy atom. The van der Waals surface area contributed by atoms with Gasteiger partial charge in [-0.2, -0.15) is 10.2 Å². The van der Waals surface area contributed by atoms with E-state index >= 15 is 0 Å². The van der Waals surface area contributed by atoms with Crippen molar-refractivity contribution in [1.82, 2.24) is 25.0 Å². The minimum atomic E-state index is -3.84. The van der Waals surface area contributed by atoms with Crippen LogP contribution >= 0.6 is 11.6 Å². The fraction of sp³-hybridized carbons (Fsp3) is 0.208. The molecule has 4 N–H and O–H groups in total. The SMILES string of the molecule is CS(=O)(=O)Nc1nn(CC(F)F)c2c(-c3cc4[nH]ncc4nc3[C@@H](N)Cc3cc(F)cc(F)c3)ccc(Cl)c12. The molecule has 0 fully saturated rings. The number of pyridine rings is 1. The smallest absolute Gasteiger partial charge is 0.257 e. The van der Waals surface area contributed by atoms with E-state index in [-0.39, 0.29) is 39.4 Å². The summed E-state index contributed by atoms with van der Waals surface area (Å²) in [6, 6.07) is 6.83. The van der Waals surface area contributed by atoms with Crippen LogP contribution in [0.1, 0.15) is 17.3 Å². The van der Waals surface area contributed by atoms with Crippen LogP contribution in [0.3, 0.4) is 0 Å². The number of rotatable bonds is 8. The van der Waals surface area contributed by atoms with Crippen LogP contribution in [0, 0.1) is 11.6 Å². The average Bonchev–Trinajstić information content (AvgIpc) is 3.41. The van der Waals surface area contributed by atoms with E-state index in [9.17, 15) is 26.0 Å². The van der Waals surface area contributed by atoms with Crippen LogP contribution < -0.4 is 10.5 Å². The van der Waals surface area contributed by atoms with E-state index in [1.54, 1.807) is 12.1 Å². The van der Waals surface area contributed by atoms with Gasteiger partial charge in [-0.15, -0.1) is 0 Å². The fourth-order valence-corrected chi connectivity index (χ4v) is 5.22. The summed E-state index contributed by atoms with van der Waals surface area (Å²) in [7, 11) is -3.84. The molecule has 0 bridgehead atoms. The van der Waals surface area contributed by atoms with Gasteiger partial charge in [0.15, 0.2) is 5.82 Å². The van der Waals surface area contributed by atoms with Gasteiger partial charge in [0.1, 0.15) is 23.7 Å². The predicted molar refractivity (Wildman–Crippen MR) is 139 cm³/mol. The Morgan fingerprint density at radius 2 is 1.85 bits per heavy atom. The fourth-order valence-electron chi connectivity index (χ4n) is 4.48. The third-order valence-corrected chi connectivity index (χ3v) is 6.79. The molecule has 3 heterocycles. The number of aromatic nitrogens is 5.